The molecule has 21 heavy (non-hydrogen) atoms. The molecule has 1 aromatic heterocycles. The molecule has 0 aliphatic carbocycles. The number of hydrogen-bond donors (Lipinski definition) is 2. The minimum atomic E-state index is 0.888. The summed E-state index contributed by atoms with van der Waals surface area (Å²) < 4.78 is 0. The third kappa shape index (κ3) is 3.28. The Labute approximate surface area is 129 Å². The van der Waals surface area contributed by atoms with E-state index >= 15 is 0 Å². The maximum Gasteiger partial charge on any atom is 0.171 e. The minimum Gasteiger partial charge on any atom is -0.333 e. The van der Waals surface area contributed by atoms with Gasteiger partial charge in [0.1, 0.15) is 0 Å². The first-order valence-electron chi connectivity index (χ1n) is 7.19. The Balaban J connectivity index is 1.87. The maximum absolute atomic E-state index is 4.66. The van der Waals surface area contributed by atoms with Crippen LogP contribution in [-0.2, 0) is 6.54 Å². The van der Waals surface area contributed by atoms with Gasteiger partial charge in [-0.15, -0.1) is 0 Å². The lowest BCUT2D eigenvalue weighted by atomic mass is 10.2. The van der Waals surface area contributed by atoms with Crippen LogP contribution in [0.25, 0.3) is 11.0 Å². The van der Waals surface area contributed by atoms with E-state index in [4.69, 9.17) is 0 Å². The summed E-state index contributed by atoms with van der Waals surface area (Å²) >= 11 is 1.69. The van der Waals surface area contributed by atoms with Gasteiger partial charge in [0.25, 0.3) is 0 Å². The van der Waals surface area contributed by atoms with Crippen molar-refractivity contribution >= 4 is 22.8 Å². The average molecular weight is 297 g/mol. The van der Waals surface area contributed by atoms with E-state index in [1.165, 1.54) is 16.0 Å². The quantitative estimate of drug-likeness (QED) is 0.744. The van der Waals surface area contributed by atoms with Crippen LogP contribution >= 0.6 is 11.8 Å². The summed E-state index contributed by atoms with van der Waals surface area (Å²) in [5, 5.41) is 4.32. The molecule has 0 unspecified atom stereocenters. The largest absolute Gasteiger partial charge is 0.333 e. The van der Waals surface area contributed by atoms with Crippen LogP contribution in [0.5, 0.6) is 0 Å². The van der Waals surface area contributed by atoms with Crippen molar-refractivity contribution in [2.45, 2.75) is 30.4 Å². The van der Waals surface area contributed by atoms with Crippen molar-refractivity contribution < 1.29 is 0 Å². The van der Waals surface area contributed by atoms with Crippen LogP contribution < -0.4 is 5.32 Å². The highest BCUT2D eigenvalue weighted by Gasteiger charge is 2.08. The smallest absolute Gasteiger partial charge is 0.171 e. The number of H-pyrrole nitrogens is 1. The molecule has 4 heteroatoms. The highest BCUT2D eigenvalue weighted by molar-refractivity contribution is 7.99. The Morgan fingerprint density at radius 3 is 2.90 bits per heavy atom. The zero-order chi connectivity index (χ0) is 14.7. The molecule has 0 saturated carbocycles. The van der Waals surface area contributed by atoms with Crippen molar-refractivity contribution in [3.8, 4) is 0 Å². The van der Waals surface area contributed by atoms with Crippen LogP contribution in [0.4, 0.5) is 0 Å². The predicted octanol–water partition coefficient (Wildman–Crippen LogP) is 4.13. The molecular formula is C17H19N3S. The lowest BCUT2D eigenvalue weighted by Gasteiger charge is -2.07. The summed E-state index contributed by atoms with van der Waals surface area (Å²) in [6.45, 7) is 6.08. The average Bonchev–Trinajstić information content (AvgIpc) is 2.87. The van der Waals surface area contributed by atoms with Crippen LogP contribution in [0, 0.1) is 6.92 Å². The molecule has 1 heterocycles. The van der Waals surface area contributed by atoms with Crippen LogP contribution in [0.1, 0.15) is 18.1 Å². The number of aromatic amines is 1. The number of nitrogens with one attached hydrogen (secondary N) is 2. The predicted molar refractivity (Wildman–Crippen MR) is 88.8 cm³/mol. The van der Waals surface area contributed by atoms with E-state index in [0.29, 0.717) is 0 Å². The molecule has 3 rings (SSSR count). The summed E-state index contributed by atoms with van der Waals surface area (Å²) in [5.74, 6) is 0. The standard InChI is InChI=1S/C17H19N3S/c1-3-18-11-13-6-4-5-7-16(13)21-17-19-14-9-8-12(2)10-15(14)20-17/h4-10,18H,3,11H2,1-2H3,(H,19,20). The van der Waals surface area contributed by atoms with Crippen molar-refractivity contribution in [2.24, 2.45) is 0 Å². The lowest BCUT2D eigenvalue weighted by molar-refractivity contribution is 0.718. The van der Waals surface area contributed by atoms with Gasteiger partial charge in [-0.05, 0) is 42.8 Å². The first kappa shape index (κ1) is 14.2. The fourth-order valence-electron chi connectivity index (χ4n) is 2.26. The third-order valence-corrected chi connectivity index (χ3v) is 4.37. The van der Waals surface area contributed by atoms with Gasteiger partial charge >= 0.3 is 0 Å². The summed E-state index contributed by atoms with van der Waals surface area (Å²) in [7, 11) is 0. The fourth-order valence-corrected chi connectivity index (χ4v) is 3.19. The molecule has 0 fully saturated rings. The van der Waals surface area contributed by atoms with Gasteiger partial charge in [-0.1, -0.05) is 43.0 Å². The third-order valence-electron chi connectivity index (χ3n) is 3.36. The van der Waals surface area contributed by atoms with Crippen molar-refractivity contribution in [1.82, 2.24) is 15.3 Å². The van der Waals surface area contributed by atoms with Gasteiger partial charge in [0.05, 0.1) is 11.0 Å². The first-order valence-corrected chi connectivity index (χ1v) is 8.01. The van der Waals surface area contributed by atoms with E-state index in [2.05, 4.69) is 71.6 Å². The Morgan fingerprint density at radius 1 is 1.19 bits per heavy atom. The van der Waals surface area contributed by atoms with Gasteiger partial charge in [0, 0.05) is 11.4 Å². The highest BCUT2D eigenvalue weighted by Crippen LogP contribution is 2.30. The van der Waals surface area contributed by atoms with Gasteiger partial charge in [-0.25, -0.2) is 4.98 Å². The second kappa shape index (κ2) is 6.33. The number of rotatable bonds is 5. The van der Waals surface area contributed by atoms with Crippen LogP contribution in [0.3, 0.4) is 0 Å². The monoisotopic (exact) mass is 297 g/mol. The summed E-state index contributed by atoms with van der Waals surface area (Å²) in [6, 6.07) is 14.8. The minimum absolute atomic E-state index is 0.888. The number of nitrogens with zero attached hydrogens (tertiary/aromatic N) is 1. The van der Waals surface area contributed by atoms with Crippen molar-refractivity contribution in [3.05, 3.63) is 53.6 Å². The van der Waals surface area contributed by atoms with E-state index in [9.17, 15) is 0 Å². The first-order chi connectivity index (χ1) is 10.3. The molecule has 3 aromatic rings. The molecule has 0 amide bonds. The topological polar surface area (TPSA) is 40.7 Å². The summed E-state index contributed by atoms with van der Waals surface area (Å²) in [5.41, 5.74) is 4.67. The van der Waals surface area contributed by atoms with Crippen molar-refractivity contribution in [1.29, 1.82) is 0 Å². The maximum atomic E-state index is 4.66. The lowest BCUT2D eigenvalue weighted by Crippen LogP contribution is -2.12. The zero-order valence-corrected chi connectivity index (χ0v) is 13.1. The van der Waals surface area contributed by atoms with E-state index in [1.54, 1.807) is 11.8 Å². The fraction of sp³-hybridized carbons (Fsp3) is 0.235. The Morgan fingerprint density at radius 2 is 2.05 bits per heavy atom. The zero-order valence-electron chi connectivity index (χ0n) is 12.3. The highest BCUT2D eigenvalue weighted by atomic mass is 32.2. The molecule has 0 saturated heterocycles. The number of imidazole rings is 1. The second-order valence-electron chi connectivity index (χ2n) is 5.05. The van der Waals surface area contributed by atoms with Gasteiger partial charge in [-0.3, -0.25) is 0 Å². The molecule has 0 aliphatic rings. The molecule has 0 aliphatic heterocycles. The van der Waals surface area contributed by atoms with E-state index in [0.717, 1.165) is 29.3 Å². The summed E-state index contributed by atoms with van der Waals surface area (Å²) in [4.78, 5) is 9.30. The van der Waals surface area contributed by atoms with E-state index in [-0.39, 0.29) is 0 Å². The SMILES string of the molecule is CCNCc1ccccc1Sc1nc2ccc(C)cc2[nH]1. The van der Waals surface area contributed by atoms with Crippen LogP contribution in [0.15, 0.2) is 52.5 Å². The molecule has 0 atom stereocenters. The molecular weight excluding hydrogens is 278 g/mol. The van der Waals surface area contributed by atoms with E-state index < -0.39 is 0 Å². The number of aromatic nitrogens is 2. The van der Waals surface area contributed by atoms with Gasteiger partial charge in [0.15, 0.2) is 5.16 Å². The molecule has 2 aromatic carbocycles. The van der Waals surface area contributed by atoms with E-state index in [1.807, 2.05) is 0 Å². The molecule has 0 spiro atoms. The van der Waals surface area contributed by atoms with Gasteiger partial charge in [0.2, 0.25) is 0 Å². The Bertz CT molecular complexity index is 749. The van der Waals surface area contributed by atoms with Crippen molar-refractivity contribution in [2.75, 3.05) is 6.54 Å². The van der Waals surface area contributed by atoms with Crippen molar-refractivity contribution in [3.63, 3.8) is 0 Å². The normalized spacial score (nSPS) is 11.1. The Kier molecular flexibility index (Phi) is 4.27. The number of hydrogen-bond acceptors (Lipinski definition) is 3. The molecule has 2 N–H and O–H groups in total. The summed E-state index contributed by atoms with van der Waals surface area (Å²) in [6.07, 6.45) is 0. The molecule has 0 bridgehead atoms. The molecule has 108 valence electrons. The Hall–Kier alpha value is -1.78. The molecule has 0 radical (unpaired) electrons. The molecule has 3 nitrogen and oxygen atoms in total. The van der Waals surface area contributed by atoms with Gasteiger partial charge < -0.3 is 10.3 Å². The van der Waals surface area contributed by atoms with Crippen LogP contribution in [-0.4, -0.2) is 16.5 Å². The second-order valence-corrected chi connectivity index (χ2v) is 6.08. The van der Waals surface area contributed by atoms with Gasteiger partial charge in [-0.2, -0.15) is 0 Å². The van der Waals surface area contributed by atoms with Crippen LogP contribution in [0.2, 0.25) is 0 Å². The number of benzene rings is 2. The number of aryl methyl sites for hydroxylation is 1. The number of fused-ring (bicyclic) bond motifs is 1.